The van der Waals surface area contributed by atoms with Crippen LogP contribution in [0.15, 0.2) is 52.5 Å². The maximum Gasteiger partial charge on any atom is 0.276 e. The molecule has 0 spiro atoms. The van der Waals surface area contributed by atoms with Crippen LogP contribution in [-0.4, -0.2) is 26.8 Å². The third-order valence-electron chi connectivity index (χ3n) is 2.71. The van der Waals surface area contributed by atoms with Crippen molar-refractivity contribution in [2.24, 2.45) is 5.10 Å². The molecular weight excluding hydrogens is 311 g/mol. The summed E-state index contributed by atoms with van der Waals surface area (Å²) in [5.41, 5.74) is 0.472. The molecule has 2 rings (SSSR count). The molecule has 0 atom stereocenters. The van der Waals surface area contributed by atoms with Gasteiger partial charge in [0, 0.05) is 0 Å². The van der Waals surface area contributed by atoms with Gasteiger partial charge in [0.15, 0.2) is 11.5 Å². The van der Waals surface area contributed by atoms with Crippen LogP contribution < -0.4 is 9.57 Å². The SMILES string of the molecule is COc1ccc(/C=N/NS(=O)(=O)c2ccc(F)cc2)cc1O. The summed E-state index contributed by atoms with van der Waals surface area (Å²) in [6, 6.07) is 8.83. The van der Waals surface area contributed by atoms with E-state index in [0.717, 1.165) is 24.3 Å². The van der Waals surface area contributed by atoms with Crippen molar-refractivity contribution >= 4 is 16.2 Å². The Morgan fingerprint density at radius 2 is 1.91 bits per heavy atom. The van der Waals surface area contributed by atoms with Crippen molar-refractivity contribution in [3.63, 3.8) is 0 Å². The van der Waals surface area contributed by atoms with Crippen molar-refractivity contribution in [2.75, 3.05) is 7.11 Å². The quantitative estimate of drug-likeness (QED) is 0.649. The van der Waals surface area contributed by atoms with Crippen LogP contribution in [0.4, 0.5) is 4.39 Å². The van der Waals surface area contributed by atoms with E-state index in [-0.39, 0.29) is 10.6 Å². The van der Waals surface area contributed by atoms with Gasteiger partial charge in [-0.2, -0.15) is 13.5 Å². The minimum atomic E-state index is -3.87. The number of phenols is 1. The van der Waals surface area contributed by atoms with Crippen molar-refractivity contribution < 1.29 is 22.7 Å². The van der Waals surface area contributed by atoms with Crippen molar-refractivity contribution in [2.45, 2.75) is 4.90 Å². The van der Waals surface area contributed by atoms with Crippen LogP contribution in [0.5, 0.6) is 11.5 Å². The lowest BCUT2D eigenvalue weighted by atomic mass is 10.2. The molecule has 0 aromatic heterocycles. The highest BCUT2D eigenvalue weighted by atomic mass is 32.2. The predicted octanol–water partition coefficient (Wildman–Crippen LogP) is 1.85. The Morgan fingerprint density at radius 1 is 1.23 bits per heavy atom. The van der Waals surface area contributed by atoms with Gasteiger partial charge in [0.1, 0.15) is 5.82 Å². The lowest BCUT2D eigenvalue weighted by Gasteiger charge is -2.04. The number of hydrogen-bond donors (Lipinski definition) is 2. The molecule has 2 N–H and O–H groups in total. The Bertz CT molecular complexity index is 789. The third-order valence-corrected chi connectivity index (χ3v) is 3.95. The second-order valence-corrected chi connectivity index (χ2v) is 5.90. The molecular formula is C14H13FN2O4S. The molecule has 0 saturated carbocycles. The highest BCUT2D eigenvalue weighted by molar-refractivity contribution is 7.89. The number of phenolic OH excluding ortho intramolecular Hbond substituents is 1. The molecule has 2 aromatic rings. The summed E-state index contributed by atoms with van der Waals surface area (Å²) in [5, 5.41) is 13.2. The zero-order chi connectivity index (χ0) is 16.2. The van der Waals surface area contributed by atoms with Crippen LogP contribution >= 0.6 is 0 Å². The summed E-state index contributed by atoms with van der Waals surface area (Å²) in [6.45, 7) is 0. The van der Waals surface area contributed by atoms with Crippen molar-refractivity contribution in [3.8, 4) is 11.5 Å². The molecule has 0 saturated heterocycles. The predicted molar refractivity (Wildman–Crippen MR) is 79.0 cm³/mol. The minimum absolute atomic E-state index is 0.0900. The van der Waals surface area contributed by atoms with Gasteiger partial charge in [-0.25, -0.2) is 9.22 Å². The number of benzene rings is 2. The summed E-state index contributed by atoms with van der Waals surface area (Å²) in [5.74, 6) is -0.326. The molecule has 116 valence electrons. The Balaban J connectivity index is 2.11. The molecule has 8 heteroatoms. The van der Waals surface area contributed by atoms with Gasteiger partial charge in [0.05, 0.1) is 18.2 Å². The van der Waals surface area contributed by atoms with Gasteiger partial charge in [-0.15, -0.1) is 0 Å². The van der Waals surface area contributed by atoms with Crippen molar-refractivity contribution in [3.05, 3.63) is 53.8 Å². The van der Waals surface area contributed by atoms with Gasteiger partial charge >= 0.3 is 0 Å². The van der Waals surface area contributed by atoms with E-state index in [2.05, 4.69) is 5.10 Å². The average molecular weight is 324 g/mol. The number of aromatic hydroxyl groups is 1. The number of halogens is 1. The normalized spacial score (nSPS) is 11.5. The summed E-state index contributed by atoms with van der Waals surface area (Å²) in [4.78, 5) is 1.89. The summed E-state index contributed by atoms with van der Waals surface area (Å²) < 4.78 is 41.4. The zero-order valence-electron chi connectivity index (χ0n) is 11.5. The molecule has 0 fully saturated rings. The van der Waals surface area contributed by atoms with Gasteiger partial charge in [0.25, 0.3) is 10.0 Å². The van der Waals surface area contributed by atoms with E-state index in [9.17, 15) is 17.9 Å². The lowest BCUT2D eigenvalue weighted by Crippen LogP contribution is -2.18. The van der Waals surface area contributed by atoms with Crippen LogP contribution in [-0.2, 0) is 10.0 Å². The Kier molecular flexibility index (Phi) is 4.62. The van der Waals surface area contributed by atoms with Gasteiger partial charge in [0.2, 0.25) is 0 Å². The number of hydrazone groups is 1. The standard InChI is InChI=1S/C14H13FN2O4S/c1-21-14-7-2-10(8-13(14)18)9-16-17-22(19,20)12-5-3-11(15)4-6-12/h2-9,17-18H,1H3/b16-9+. The fraction of sp³-hybridized carbons (Fsp3) is 0.0714. The second-order valence-electron chi connectivity index (χ2n) is 4.24. The first-order valence-electron chi connectivity index (χ1n) is 6.10. The first-order valence-corrected chi connectivity index (χ1v) is 7.58. The molecule has 22 heavy (non-hydrogen) atoms. The van der Waals surface area contributed by atoms with Crippen LogP contribution in [0.25, 0.3) is 0 Å². The minimum Gasteiger partial charge on any atom is -0.504 e. The number of sulfonamides is 1. The Morgan fingerprint density at radius 3 is 2.50 bits per heavy atom. The molecule has 0 aliphatic heterocycles. The van der Waals surface area contributed by atoms with Crippen LogP contribution in [0, 0.1) is 5.82 Å². The Hall–Kier alpha value is -2.61. The fourth-order valence-corrected chi connectivity index (χ4v) is 2.42. The van der Waals surface area contributed by atoms with Crippen molar-refractivity contribution in [1.29, 1.82) is 0 Å². The highest BCUT2D eigenvalue weighted by Crippen LogP contribution is 2.25. The molecule has 0 aliphatic carbocycles. The van der Waals surface area contributed by atoms with E-state index in [1.54, 1.807) is 6.07 Å². The summed E-state index contributed by atoms with van der Waals surface area (Å²) >= 11 is 0. The molecule has 0 bridgehead atoms. The molecule has 0 amide bonds. The van der Waals surface area contributed by atoms with Gasteiger partial charge in [-0.05, 0) is 48.0 Å². The smallest absolute Gasteiger partial charge is 0.276 e. The van der Waals surface area contributed by atoms with Gasteiger partial charge in [-0.3, -0.25) is 0 Å². The average Bonchev–Trinajstić information content (AvgIpc) is 2.48. The number of nitrogens with one attached hydrogen (secondary N) is 1. The monoisotopic (exact) mass is 324 g/mol. The van der Waals surface area contributed by atoms with E-state index in [4.69, 9.17) is 4.74 Å². The maximum atomic E-state index is 12.8. The molecule has 2 aromatic carbocycles. The number of ether oxygens (including phenoxy) is 1. The molecule has 6 nitrogen and oxygen atoms in total. The summed E-state index contributed by atoms with van der Waals surface area (Å²) in [6.07, 6.45) is 1.22. The van der Waals surface area contributed by atoms with E-state index in [1.807, 2.05) is 4.83 Å². The topological polar surface area (TPSA) is 88.0 Å². The van der Waals surface area contributed by atoms with Crippen molar-refractivity contribution in [1.82, 2.24) is 4.83 Å². The van der Waals surface area contributed by atoms with Crippen LogP contribution in [0.3, 0.4) is 0 Å². The number of methoxy groups -OCH3 is 1. The maximum absolute atomic E-state index is 12.8. The largest absolute Gasteiger partial charge is 0.504 e. The van der Waals surface area contributed by atoms with E-state index < -0.39 is 15.8 Å². The molecule has 0 heterocycles. The van der Waals surface area contributed by atoms with Crippen LogP contribution in [0.2, 0.25) is 0 Å². The lowest BCUT2D eigenvalue weighted by molar-refractivity contribution is 0.373. The first kappa shape index (κ1) is 15.8. The van der Waals surface area contributed by atoms with Gasteiger partial charge < -0.3 is 9.84 Å². The molecule has 0 radical (unpaired) electrons. The number of rotatable bonds is 5. The third kappa shape index (κ3) is 3.73. The highest BCUT2D eigenvalue weighted by Gasteiger charge is 2.12. The Labute approximate surface area is 126 Å². The summed E-state index contributed by atoms with van der Waals surface area (Å²) in [7, 11) is -2.46. The van der Waals surface area contributed by atoms with E-state index >= 15 is 0 Å². The number of hydrogen-bond acceptors (Lipinski definition) is 5. The van der Waals surface area contributed by atoms with Gasteiger partial charge in [-0.1, -0.05) is 0 Å². The first-order chi connectivity index (χ1) is 10.4. The second kappa shape index (κ2) is 6.44. The zero-order valence-corrected chi connectivity index (χ0v) is 12.3. The molecule has 0 unspecified atom stereocenters. The number of nitrogens with zero attached hydrogens (tertiary/aromatic N) is 1. The van der Waals surface area contributed by atoms with Crippen LogP contribution in [0.1, 0.15) is 5.56 Å². The fourth-order valence-electron chi connectivity index (χ4n) is 1.62. The van der Waals surface area contributed by atoms with E-state index in [1.165, 1.54) is 25.5 Å². The van der Waals surface area contributed by atoms with E-state index in [0.29, 0.717) is 11.3 Å². The molecule has 0 aliphatic rings.